The van der Waals surface area contributed by atoms with Crippen LogP contribution in [0.5, 0.6) is 0 Å². The van der Waals surface area contributed by atoms with Crippen molar-refractivity contribution in [2.45, 2.75) is 6.42 Å². The second-order valence-corrected chi connectivity index (χ2v) is 7.51. The van der Waals surface area contributed by atoms with Gasteiger partial charge in [0.25, 0.3) is 0 Å². The Morgan fingerprint density at radius 1 is 1.05 bits per heavy atom. The van der Waals surface area contributed by atoms with Crippen LogP contribution in [0, 0.1) is 0 Å². The Balaban J connectivity index is 2.38. The number of benzene rings is 2. The molecule has 108 valence electrons. The van der Waals surface area contributed by atoms with Gasteiger partial charge in [0, 0.05) is 25.7 Å². The largest absolute Gasteiger partial charge is 0.294 e. The molecule has 0 aliphatic carbocycles. The number of halogens is 4. The summed E-state index contributed by atoms with van der Waals surface area (Å²) in [7, 11) is 0. The van der Waals surface area contributed by atoms with Crippen LogP contribution < -0.4 is 0 Å². The molecule has 0 fully saturated rings. The molecule has 0 saturated heterocycles. The second kappa shape index (κ2) is 6.41. The van der Waals surface area contributed by atoms with Crippen LogP contribution in [-0.2, 0) is 6.42 Å². The van der Waals surface area contributed by atoms with E-state index in [0.717, 1.165) is 36.0 Å². The van der Waals surface area contributed by atoms with E-state index in [1.165, 1.54) is 0 Å². The van der Waals surface area contributed by atoms with Crippen molar-refractivity contribution >= 4 is 70.4 Å². The van der Waals surface area contributed by atoms with Crippen LogP contribution in [0.4, 0.5) is 0 Å². The molecule has 0 aliphatic heterocycles. The summed E-state index contributed by atoms with van der Waals surface area (Å²) >= 11 is 16.8. The van der Waals surface area contributed by atoms with Gasteiger partial charge in [-0.05, 0) is 62.2 Å². The molecule has 1 heterocycles. The molecule has 1 aromatic heterocycles. The first-order valence-electron chi connectivity index (χ1n) is 6.29. The quantitative estimate of drug-likeness (QED) is 0.404. The van der Waals surface area contributed by atoms with Crippen LogP contribution in [-0.4, -0.2) is 15.4 Å². The molecule has 0 bridgehead atoms. The van der Waals surface area contributed by atoms with Crippen LogP contribution in [0.1, 0.15) is 5.82 Å². The van der Waals surface area contributed by atoms with Gasteiger partial charge in [0.05, 0.1) is 16.7 Å². The Kier molecular flexibility index (Phi) is 4.74. The Morgan fingerprint density at radius 2 is 1.76 bits per heavy atom. The standard InChI is InChI=1S/C15H10Br3ClN2/c16-9-4-5-12-13(8-9)21(14(20-12)6-7-19)15-10(17)2-1-3-11(15)18/h1-5,8H,6-7H2. The summed E-state index contributed by atoms with van der Waals surface area (Å²) < 4.78 is 5.19. The van der Waals surface area contributed by atoms with Gasteiger partial charge in [0.2, 0.25) is 0 Å². The van der Waals surface area contributed by atoms with Gasteiger partial charge in [-0.15, -0.1) is 11.6 Å². The predicted molar refractivity (Wildman–Crippen MR) is 98.6 cm³/mol. The van der Waals surface area contributed by atoms with Crippen molar-refractivity contribution in [1.82, 2.24) is 9.55 Å². The minimum absolute atomic E-state index is 0.534. The van der Waals surface area contributed by atoms with Crippen molar-refractivity contribution in [2.24, 2.45) is 0 Å². The van der Waals surface area contributed by atoms with Crippen LogP contribution in [0.2, 0.25) is 0 Å². The van der Waals surface area contributed by atoms with E-state index in [1.807, 2.05) is 30.3 Å². The zero-order valence-electron chi connectivity index (χ0n) is 10.8. The maximum atomic E-state index is 5.95. The Labute approximate surface area is 152 Å². The lowest BCUT2D eigenvalue weighted by molar-refractivity contribution is 0.906. The van der Waals surface area contributed by atoms with Crippen molar-refractivity contribution < 1.29 is 0 Å². The Hall–Kier alpha value is -0.360. The minimum atomic E-state index is 0.534. The van der Waals surface area contributed by atoms with E-state index in [-0.39, 0.29) is 0 Å². The third-order valence-corrected chi connectivity index (χ3v) is 5.13. The molecule has 0 unspecified atom stereocenters. The van der Waals surface area contributed by atoms with Gasteiger partial charge in [-0.25, -0.2) is 4.98 Å². The number of imidazole rings is 1. The summed E-state index contributed by atoms with van der Waals surface area (Å²) in [6.07, 6.45) is 0.710. The van der Waals surface area contributed by atoms with Gasteiger partial charge in [-0.2, -0.15) is 0 Å². The number of nitrogens with zero attached hydrogens (tertiary/aromatic N) is 2. The highest BCUT2D eigenvalue weighted by Gasteiger charge is 2.16. The topological polar surface area (TPSA) is 17.8 Å². The normalized spacial score (nSPS) is 11.2. The molecule has 0 spiro atoms. The molecule has 0 aliphatic rings. The molecule has 21 heavy (non-hydrogen) atoms. The fourth-order valence-corrected chi connectivity index (χ4v) is 4.17. The average molecular weight is 493 g/mol. The Morgan fingerprint density at radius 3 is 2.43 bits per heavy atom. The summed E-state index contributed by atoms with van der Waals surface area (Å²) in [6, 6.07) is 12.1. The third kappa shape index (κ3) is 2.93. The van der Waals surface area contributed by atoms with Gasteiger partial charge in [0.15, 0.2) is 0 Å². The van der Waals surface area contributed by atoms with Crippen molar-refractivity contribution in [3.63, 3.8) is 0 Å². The molecule has 6 heteroatoms. The summed E-state index contributed by atoms with van der Waals surface area (Å²) in [5, 5.41) is 0. The summed E-state index contributed by atoms with van der Waals surface area (Å²) in [5.41, 5.74) is 3.05. The number of hydrogen-bond acceptors (Lipinski definition) is 1. The lowest BCUT2D eigenvalue weighted by Gasteiger charge is -2.13. The summed E-state index contributed by atoms with van der Waals surface area (Å²) in [5.74, 6) is 1.48. The highest BCUT2D eigenvalue weighted by molar-refractivity contribution is 9.11. The maximum Gasteiger partial charge on any atom is 0.115 e. The lowest BCUT2D eigenvalue weighted by atomic mass is 10.2. The molecule has 2 aromatic carbocycles. The number of alkyl halides is 1. The smallest absolute Gasteiger partial charge is 0.115 e. The third-order valence-electron chi connectivity index (χ3n) is 3.17. The lowest BCUT2D eigenvalue weighted by Crippen LogP contribution is -2.04. The number of rotatable bonds is 3. The van der Waals surface area contributed by atoms with E-state index in [0.29, 0.717) is 12.3 Å². The number of para-hydroxylation sites is 1. The molecule has 3 rings (SSSR count). The van der Waals surface area contributed by atoms with E-state index in [4.69, 9.17) is 16.6 Å². The van der Waals surface area contributed by atoms with Gasteiger partial charge < -0.3 is 0 Å². The van der Waals surface area contributed by atoms with Gasteiger partial charge in [-0.1, -0.05) is 22.0 Å². The van der Waals surface area contributed by atoms with Crippen molar-refractivity contribution in [1.29, 1.82) is 0 Å². The van der Waals surface area contributed by atoms with E-state index < -0.39 is 0 Å². The molecule has 2 nitrogen and oxygen atoms in total. The fraction of sp³-hybridized carbons (Fsp3) is 0.133. The monoisotopic (exact) mass is 490 g/mol. The highest BCUT2D eigenvalue weighted by atomic mass is 79.9. The zero-order valence-corrected chi connectivity index (χ0v) is 16.3. The Bertz CT molecular complexity index is 794. The SMILES string of the molecule is ClCCc1nc2ccc(Br)cc2n1-c1c(Br)cccc1Br. The molecule has 0 N–H and O–H groups in total. The van der Waals surface area contributed by atoms with Crippen molar-refractivity contribution in [2.75, 3.05) is 5.88 Å². The van der Waals surface area contributed by atoms with Gasteiger partial charge >= 0.3 is 0 Å². The van der Waals surface area contributed by atoms with Crippen LogP contribution >= 0.6 is 59.4 Å². The first-order chi connectivity index (χ1) is 10.1. The molecule has 3 aromatic rings. The molecule has 0 radical (unpaired) electrons. The van der Waals surface area contributed by atoms with Crippen LogP contribution in [0.25, 0.3) is 16.7 Å². The van der Waals surface area contributed by atoms with E-state index in [2.05, 4.69) is 58.4 Å². The van der Waals surface area contributed by atoms with Gasteiger partial charge in [-0.3, -0.25) is 4.57 Å². The van der Waals surface area contributed by atoms with Crippen molar-refractivity contribution in [3.8, 4) is 5.69 Å². The van der Waals surface area contributed by atoms with Gasteiger partial charge in [0.1, 0.15) is 5.82 Å². The van der Waals surface area contributed by atoms with Crippen LogP contribution in [0.15, 0.2) is 49.8 Å². The maximum absolute atomic E-state index is 5.95. The van der Waals surface area contributed by atoms with E-state index in [9.17, 15) is 0 Å². The predicted octanol–water partition coefficient (Wildman–Crippen LogP) is 6.09. The first kappa shape index (κ1) is 15.5. The molecule has 0 atom stereocenters. The summed E-state index contributed by atoms with van der Waals surface area (Å²) in [4.78, 5) is 4.72. The minimum Gasteiger partial charge on any atom is -0.294 e. The number of fused-ring (bicyclic) bond motifs is 1. The molecular weight excluding hydrogens is 483 g/mol. The molecule has 0 saturated carbocycles. The van der Waals surface area contributed by atoms with Crippen molar-refractivity contribution in [3.05, 3.63) is 55.6 Å². The summed E-state index contributed by atoms with van der Waals surface area (Å²) in [6.45, 7) is 0. The molecule has 0 amide bonds. The zero-order chi connectivity index (χ0) is 15.0. The van der Waals surface area contributed by atoms with E-state index in [1.54, 1.807) is 0 Å². The average Bonchev–Trinajstić information content (AvgIpc) is 2.77. The van der Waals surface area contributed by atoms with E-state index >= 15 is 0 Å². The highest BCUT2D eigenvalue weighted by Crippen LogP contribution is 2.34. The number of aromatic nitrogens is 2. The van der Waals surface area contributed by atoms with Crippen LogP contribution in [0.3, 0.4) is 0 Å². The second-order valence-electron chi connectivity index (χ2n) is 4.51. The molecular formula is C15H10Br3ClN2. The number of aryl methyl sites for hydroxylation is 1. The first-order valence-corrected chi connectivity index (χ1v) is 9.20. The fourth-order valence-electron chi connectivity index (χ4n) is 2.30. The number of hydrogen-bond donors (Lipinski definition) is 0.